The monoisotopic (exact) mass is 348 g/mol. The van der Waals surface area contributed by atoms with Crippen LogP contribution in [0, 0.1) is 13.8 Å². The largest absolute Gasteiger partial charge is 0.352 e. The predicted molar refractivity (Wildman–Crippen MR) is 97.8 cm³/mol. The average molecular weight is 349 g/mol. The van der Waals surface area contributed by atoms with Crippen LogP contribution in [0.4, 0.5) is 0 Å². The Morgan fingerprint density at radius 1 is 1.25 bits per heavy atom. The Balaban J connectivity index is 2.05. The van der Waals surface area contributed by atoms with Gasteiger partial charge in [-0.05, 0) is 46.5 Å². The lowest BCUT2D eigenvalue weighted by atomic mass is 10.1. The second-order valence-electron chi connectivity index (χ2n) is 6.31. The molecule has 1 aromatic carbocycles. The van der Waals surface area contributed by atoms with E-state index in [1.807, 2.05) is 40.1 Å². The van der Waals surface area contributed by atoms with Crippen LogP contribution in [0.15, 0.2) is 24.3 Å². The zero-order valence-electron chi connectivity index (χ0n) is 14.8. The number of benzene rings is 1. The Bertz CT molecular complexity index is 692. The molecule has 5 nitrogen and oxygen atoms in total. The fourth-order valence-electron chi connectivity index (χ4n) is 2.47. The number of carbonyl (C=O) groups is 1. The first-order valence-corrected chi connectivity index (χ1v) is 8.47. The minimum absolute atomic E-state index is 0.161. The van der Waals surface area contributed by atoms with Crippen LogP contribution < -0.4 is 5.32 Å². The van der Waals surface area contributed by atoms with E-state index in [0.717, 1.165) is 18.5 Å². The van der Waals surface area contributed by atoms with Crippen molar-refractivity contribution in [2.45, 2.75) is 26.8 Å². The number of hydrogen-bond donors (Lipinski definition) is 1. The first-order valence-electron chi connectivity index (χ1n) is 8.10. The van der Waals surface area contributed by atoms with Crippen molar-refractivity contribution >= 4 is 17.5 Å². The highest BCUT2D eigenvalue weighted by Crippen LogP contribution is 2.21. The molecule has 0 spiro atoms. The Hall–Kier alpha value is -1.85. The van der Waals surface area contributed by atoms with E-state index in [0.29, 0.717) is 29.5 Å². The molecule has 1 N–H and O–H groups in total. The second-order valence-corrected chi connectivity index (χ2v) is 6.67. The molecule has 1 amide bonds. The summed E-state index contributed by atoms with van der Waals surface area (Å²) in [7, 11) is 4.02. The minimum atomic E-state index is -0.161. The van der Waals surface area contributed by atoms with Crippen molar-refractivity contribution in [3.05, 3.63) is 51.8 Å². The molecule has 0 bridgehead atoms. The molecular weight excluding hydrogens is 324 g/mol. The molecule has 0 unspecified atom stereocenters. The quantitative estimate of drug-likeness (QED) is 0.783. The van der Waals surface area contributed by atoms with Gasteiger partial charge in [-0.3, -0.25) is 4.79 Å². The summed E-state index contributed by atoms with van der Waals surface area (Å²) in [4.78, 5) is 14.5. The van der Waals surface area contributed by atoms with Gasteiger partial charge in [-0.1, -0.05) is 41.4 Å². The van der Waals surface area contributed by atoms with Crippen LogP contribution >= 0.6 is 11.6 Å². The highest BCUT2D eigenvalue weighted by Gasteiger charge is 2.20. The first kappa shape index (κ1) is 18.5. The molecule has 0 aliphatic carbocycles. The summed E-state index contributed by atoms with van der Waals surface area (Å²) < 4.78 is 1.68. The molecule has 130 valence electrons. The molecule has 2 rings (SSSR count). The topological polar surface area (TPSA) is 50.2 Å². The van der Waals surface area contributed by atoms with Gasteiger partial charge in [0.15, 0.2) is 0 Å². The van der Waals surface area contributed by atoms with Crippen LogP contribution in [0.1, 0.15) is 33.6 Å². The van der Waals surface area contributed by atoms with Crippen molar-refractivity contribution < 1.29 is 4.79 Å². The maximum atomic E-state index is 12.4. The zero-order valence-corrected chi connectivity index (χ0v) is 15.5. The highest BCUT2D eigenvalue weighted by molar-refractivity contribution is 6.33. The molecular formula is C18H25ClN4O. The summed E-state index contributed by atoms with van der Waals surface area (Å²) in [5.41, 5.74) is 3.42. The number of halogens is 1. The molecule has 0 atom stereocenters. The Morgan fingerprint density at radius 2 is 1.92 bits per heavy atom. The van der Waals surface area contributed by atoms with Gasteiger partial charge in [0.25, 0.3) is 5.91 Å². The number of amides is 1. The van der Waals surface area contributed by atoms with Gasteiger partial charge in [0.1, 0.15) is 5.15 Å². The smallest absolute Gasteiger partial charge is 0.256 e. The molecule has 0 saturated heterocycles. The third-order valence-corrected chi connectivity index (χ3v) is 4.20. The van der Waals surface area contributed by atoms with Crippen LogP contribution in [0.25, 0.3) is 0 Å². The SMILES string of the molecule is Cc1ccc(Cn2nc(C)c(C(=O)NCCCN(C)C)c2Cl)cc1. The fourth-order valence-corrected chi connectivity index (χ4v) is 2.79. The number of aryl methyl sites for hydroxylation is 2. The summed E-state index contributed by atoms with van der Waals surface area (Å²) >= 11 is 6.40. The Kier molecular flexibility index (Phi) is 6.40. The van der Waals surface area contributed by atoms with Gasteiger partial charge >= 0.3 is 0 Å². The van der Waals surface area contributed by atoms with Gasteiger partial charge in [0.2, 0.25) is 0 Å². The lowest BCUT2D eigenvalue weighted by Crippen LogP contribution is -2.27. The van der Waals surface area contributed by atoms with E-state index in [9.17, 15) is 4.79 Å². The third-order valence-electron chi connectivity index (χ3n) is 3.81. The fraction of sp³-hybridized carbons (Fsp3) is 0.444. The third kappa shape index (κ3) is 4.82. The highest BCUT2D eigenvalue weighted by atomic mass is 35.5. The Morgan fingerprint density at radius 3 is 2.54 bits per heavy atom. The molecule has 2 aromatic rings. The molecule has 0 aliphatic rings. The number of hydrogen-bond acceptors (Lipinski definition) is 3. The molecule has 1 aromatic heterocycles. The first-order chi connectivity index (χ1) is 11.4. The van der Waals surface area contributed by atoms with E-state index >= 15 is 0 Å². The van der Waals surface area contributed by atoms with Gasteiger partial charge in [-0.15, -0.1) is 0 Å². The van der Waals surface area contributed by atoms with Crippen molar-refractivity contribution in [1.29, 1.82) is 0 Å². The van der Waals surface area contributed by atoms with E-state index in [-0.39, 0.29) is 5.91 Å². The normalized spacial score (nSPS) is 11.1. The molecule has 0 fully saturated rings. The predicted octanol–water partition coefficient (Wildman–Crippen LogP) is 2.88. The van der Waals surface area contributed by atoms with E-state index < -0.39 is 0 Å². The van der Waals surface area contributed by atoms with Gasteiger partial charge in [-0.25, -0.2) is 4.68 Å². The number of nitrogens with one attached hydrogen (secondary N) is 1. The molecule has 6 heteroatoms. The number of nitrogens with zero attached hydrogens (tertiary/aromatic N) is 3. The maximum Gasteiger partial charge on any atom is 0.256 e. The summed E-state index contributed by atoms with van der Waals surface area (Å²) in [5, 5.41) is 7.73. The van der Waals surface area contributed by atoms with Crippen molar-refractivity contribution in [2.75, 3.05) is 27.2 Å². The summed E-state index contributed by atoms with van der Waals surface area (Å²) in [6.45, 7) is 5.96. The van der Waals surface area contributed by atoms with E-state index in [4.69, 9.17) is 11.6 Å². The van der Waals surface area contributed by atoms with Crippen LogP contribution in [0.3, 0.4) is 0 Å². The van der Waals surface area contributed by atoms with Crippen molar-refractivity contribution in [3.63, 3.8) is 0 Å². The molecule has 0 radical (unpaired) electrons. The van der Waals surface area contributed by atoms with Crippen molar-refractivity contribution in [1.82, 2.24) is 20.0 Å². The minimum Gasteiger partial charge on any atom is -0.352 e. The van der Waals surface area contributed by atoms with Crippen LogP contribution in [0.2, 0.25) is 5.15 Å². The van der Waals surface area contributed by atoms with Crippen LogP contribution in [0.5, 0.6) is 0 Å². The maximum absolute atomic E-state index is 12.4. The number of carbonyl (C=O) groups excluding carboxylic acids is 1. The van der Waals surface area contributed by atoms with Gasteiger partial charge < -0.3 is 10.2 Å². The molecule has 0 saturated carbocycles. The summed E-state index contributed by atoms with van der Waals surface area (Å²) in [6, 6.07) is 8.20. The lowest BCUT2D eigenvalue weighted by Gasteiger charge is -2.10. The van der Waals surface area contributed by atoms with E-state index in [2.05, 4.69) is 27.4 Å². The number of aromatic nitrogens is 2. The van der Waals surface area contributed by atoms with E-state index in [1.165, 1.54) is 5.56 Å². The molecule has 0 aliphatic heterocycles. The Labute approximate surface area is 148 Å². The number of rotatable bonds is 7. The average Bonchev–Trinajstić information content (AvgIpc) is 2.80. The summed E-state index contributed by atoms with van der Waals surface area (Å²) in [5.74, 6) is -0.161. The van der Waals surface area contributed by atoms with Crippen LogP contribution in [-0.4, -0.2) is 47.8 Å². The second kappa shape index (κ2) is 8.31. The molecule has 1 heterocycles. The van der Waals surface area contributed by atoms with Crippen molar-refractivity contribution in [3.8, 4) is 0 Å². The molecule has 24 heavy (non-hydrogen) atoms. The zero-order chi connectivity index (χ0) is 17.7. The van der Waals surface area contributed by atoms with Gasteiger partial charge in [0, 0.05) is 6.54 Å². The van der Waals surface area contributed by atoms with Gasteiger partial charge in [0.05, 0.1) is 17.8 Å². The lowest BCUT2D eigenvalue weighted by molar-refractivity contribution is 0.0952. The van der Waals surface area contributed by atoms with Gasteiger partial charge in [-0.2, -0.15) is 5.10 Å². The summed E-state index contributed by atoms with van der Waals surface area (Å²) in [6.07, 6.45) is 0.896. The van der Waals surface area contributed by atoms with Crippen LogP contribution in [-0.2, 0) is 6.54 Å². The standard InChI is InChI=1S/C18H25ClN4O/c1-13-6-8-15(9-7-13)12-23-17(19)16(14(2)21-23)18(24)20-10-5-11-22(3)4/h6-9H,5,10-12H2,1-4H3,(H,20,24). The van der Waals surface area contributed by atoms with E-state index in [1.54, 1.807) is 4.68 Å². The van der Waals surface area contributed by atoms with Crippen molar-refractivity contribution in [2.24, 2.45) is 0 Å².